The van der Waals surface area contributed by atoms with Gasteiger partial charge in [0, 0.05) is 7.05 Å². The van der Waals surface area contributed by atoms with Crippen molar-refractivity contribution in [2.75, 3.05) is 0 Å². The molecule has 3 aromatic rings. The molecule has 2 aromatic heterocycles. The van der Waals surface area contributed by atoms with Crippen LogP contribution in [-0.4, -0.2) is 24.3 Å². The molecule has 0 N–H and O–H groups in total. The number of aryl methyl sites for hydroxylation is 1. The van der Waals surface area contributed by atoms with Gasteiger partial charge in [-0.2, -0.15) is 0 Å². The summed E-state index contributed by atoms with van der Waals surface area (Å²) >= 11 is 5.98. The van der Waals surface area contributed by atoms with Gasteiger partial charge >= 0.3 is 0 Å². The molecule has 0 amide bonds. The van der Waals surface area contributed by atoms with Gasteiger partial charge in [0.25, 0.3) is 5.56 Å². The number of nitrogens with zero attached hydrogens (tertiary/aromatic N) is 5. The van der Waals surface area contributed by atoms with E-state index in [0.29, 0.717) is 22.6 Å². The van der Waals surface area contributed by atoms with Crippen molar-refractivity contribution < 1.29 is 0 Å². The highest BCUT2D eigenvalue weighted by Crippen LogP contribution is 2.18. The molecule has 0 saturated carbocycles. The van der Waals surface area contributed by atoms with Crippen LogP contribution in [0.2, 0.25) is 0 Å². The number of rotatable bonds is 3. The van der Waals surface area contributed by atoms with Gasteiger partial charge in [0.1, 0.15) is 12.2 Å². The number of aromatic nitrogens is 5. The molecule has 0 bridgehead atoms. The topological polar surface area (TPSA) is 65.6 Å². The smallest absolute Gasteiger partial charge is 0.262 e. The van der Waals surface area contributed by atoms with Gasteiger partial charge in [-0.15, -0.1) is 21.8 Å². The van der Waals surface area contributed by atoms with Crippen LogP contribution in [0.15, 0.2) is 35.4 Å². The molecule has 0 aliphatic heterocycles. The van der Waals surface area contributed by atoms with Crippen LogP contribution in [0, 0.1) is 0 Å². The minimum absolute atomic E-state index is 0.119. The predicted octanol–water partition coefficient (Wildman–Crippen LogP) is 1.87. The molecule has 3 rings (SSSR count). The summed E-state index contributed by atoms with van der Waals surface area (Å²) in [5.41, 5.74) is 0.534. The minimum Gasteiger partial charge on any atom is -0.319 e. The SMILES string of the molecule is CC(c1nncn1C)n1c(CCl)nc2ccccc2c1=O. The molecule has 1 atom stereocenters. The molecule has 7 heteroatoms. The van der Waals surface area contributed by atoms with Crippen LogP contribution >= 0.6 is 11.6 Å². The van der Waals surface area contributed by atoms with Gasteiger partial charge in [0.15, 0.2) is 5.82 Å². The summed E-state index contributed by atoms with van der Waals surface area (Å²) in [5.74, 6) is 1.36. The molecule has 108 valence electrons. The first-order chi connectivity index (χ1) is 10.1. The Morgan fingerprint density at radius 1 is 1.33 bits per heavy atom. The maximum absolute atomic E-state index is 12.8. The Bertz CT molecular complexity index is 854. The van der Waals surface area contributed by atoms with Crippen LogP contribution in [-0.2, 0) is 12.9 Å². The summed E-state index contributed by atoms with van der Waals surface area (Å²) in [5, 5.41) is 8.50. The molecule has 0 aliphatic rings. The number of hydrogen-bond acceptors (Lipinski definition) is 4. The van der Waals surface area contributed by atoms with Crippen molar-refractivity contribution in [2.45, 2.75) is 18.8 Å². The van der Waals surface area contributed by atoms with Crippen LogP contribution < -0.4 is 5.56 Å². The summed E-state index contributed by atoms with van der Waals surface area (Å²) in [7, 11) is 1.84. The van der Waals surface area contributed by atoms with Crippen LogP contribution in [0.3, 0.4) is 0 Å². The molecular weight excluding hydrogens is 290 g/mol. The van der Waals surface area contributed by atoms with Crippen molar-refractivity contribution >= 4 is 22.5 Å². The summed E-state index contributed by atoms with van der Waals surface area (Å²) in [6.45, 7) is 1.89. The summed E-state index contributed by atoms with van der Waals surface area (Å²) in [6, 6.07) is 6.95. The molecule has 1 aromatic carbocycles. The number of hydrogen-bond donors (Lipinski definition) is 0. The molecule has 0 aliphatic carbocycles. The van der Waals surface area contributed by atoms with Gasteiger partial charge in [0.2, 0.25) is 0 Å². The van der Waals surface area contributed by atoms with Crippen LogP contribution in [0.1, 0.15) is 24.6 Å². The van der Waals surface area contributed by atoms with Crippen molar-refractivity contribution in [2.24, 2.45) is 7.05 Å². The first kappa shape index (κ1) is 13.8. The lowest BCUT2D eigenvalue weighted by Crippen LogP contribution is -2.29. The van der Waals surface area contributed by atoms with Gasteiger partial charge in [-0.1, -0.05) is 12.1 Å². The monoisotopic (exact) mass is 303 g/mol. The Kier molecular flexibility index (Phi) is 3.47. The highest BCUT2D eigenvalue weighted by atomic mass is 35.5. The van der Waals surface area contributed by atoms with E-state index in [0.717, 1.165) is 0 Å². The molecular formula is C14H14ClN5O. The Balaban J connectivity index is 2.29. The van der Waals surface area contributed by atoms with E-state index in [9.17, 15) is 4.79 Å². The van der Waals surface area contributed by atoms with Gasteiger partial charge < -0.3 is 4.57 Å². The Morgan fingerprint density at radius 3 is 2.76 bits per heavy atom. The van der Waals surface area contributed by atoms with Crippen molar-refractivity contribution in [3.05, 3.63) is 52.6 Å². The van der Waals surface area contributed by atoms with Crippen molar-refractivity contribution in [3.8, 4) is 0 Å². The zero-order valence-corrected chi connectivity index (χ0v) is 12.4. The lowest BCUT2D eigenvalue weighted by Gasteiger charge is -2.18. The lowest BCUT2D eigenvalue weighted by atomic mass is 10.2. The fraction of sp³-hybridized carbons (Fsp3) is 0.286. The second-order valence-electron chi connectivity index (χ2n) is 4.83. The normalized spacial score (nSPS) is 12.7. The van der Waals surface area contributed by atoms with E-state index >= 15 is 0 Å². The van der Waals surface area contributed by atoms with Crippen molar-refractivity contribution in [1.82, 2.24) is 24.3 Å². The van der Waals surface area contributed by atoms with Gasteiger partial charge in [-0.25, -0.2) is 4.98 Å². The molecule has 2 heterocycles. The zero-order chi connectivity index (χ0) is 15.0. The van der Waals surface area contributed by atoms with Gasteiger partial charge in [0.05, 0.1) is 22.8 Å². The average molecular weight is 304 g/mol. The fourth-order valence-corrected chi connectivity index (χ4v) is 2.66. The number of halogens is 1. The number of fused-ring (bicyclic) bond motifs is 1. The van der Waals surface area contributed by atoms with Crippen LogP contribution in [0.25, 0.3) is 10.9 Å². The lowest BCUT2D eigenvalue weighted by molar-refractivity contribution is 0.536. The summed E-state index contributed by atoms with van der Waals surface area (Å²) in [4.78, 5) is 17.3. The number of alkyl halides is 1. The van der Waals surface area contributed by atoms with E-state index in [2.05, 4.69) is 15.2 Å². The molecule has 21 heavy (non-hydrogen) atoms. The molecule has 0 saturated heterocycles. The quantitative estimate of drug-likeness (QED) is 0.693. The molecule has 0 radical (unpaired) electrons. The van der Waals surface area contributed by atoms with E-state index in [1.165, 1.54) is 0 Å². The molecule has 1 unspecified atom stereocenters. The van der Waals surface area contributed by atoms with Crippen LogP contribution in [0.4, 0.5) is 0 Å². The highest BCUT2D eigenvalue weighted by molar-refractivity contribution is 6.16. The van der Waals surface area contributed by atoms with E-state index in [1.807, 2.05) is 32.2 Å². The standard InChI is InChI=1S/C14H14ClN5O/c1-9(13-18-16-8-19(13)2)20-12(7-15)17-11-6-4-3-5-10(11)14(20)21/h3-6,8-9H,7H2,1-2H3. The second kappa shape index (κ2) is 5.29. The minimum atomic E-state index is -0.296. The highest BCUT2D eigenvalue weighted by Gasteiger charge is 2.20. The Hall–Kier alpha value is -2.21. The largest absolute Gasteiger partial charge is 0.319 e. The summed E-state index contributed by atoms with van der Waals surface area (Å²) in [6.07, 6.45) is 1.60. The molecule has 0 fully saturated rings. The zero-order valence-electron chi connectivity index (χ0n) is 11.7. The fourth-order valence-electron chi connectivity index (χ4n) is 2.47. The van der Waals surface area contributed by atoms with Gasteiger partial charge in [-0.05, 0) is 19.1 Å². The van der Waals surface area contributed by atoms with E-state index in [4.69, 9.17) is 11.6 Å². The first-order valence-corrected chi connectivity index (χ1v) is 7.07. The van der Waals surface area contributed by atoms with E-state index in [-0.39, 0.29) is 17.5 Å². The molecule has 0 spiro atoms. The van der Waals surface area contributed by atoms with Crippen LogP contribution in [0.5, 0.6) is 0 Å². The van der Waals surface area contributed by atoms with E-state index < -0.39 is 0 Å². The number of para-hydroxylation sites is 1. The Labute approximate surface area is 126 Å². The third-order valence-corrected chi connectivity index (χ3v) is 3.75. The second-order valence-corrected chi connectivity index (χ2v) is 5.10. The maximum Gasteiger partial charge on any atom is 0.262 e. The summed E-state index contributed by atoms with van der Waals surface area (Å²) < 4.78 is 3.36. The average Bonchev–Trinajstić information content (AvgIpc) is 2.92. The number of benzene rings is 1. The third kappa shape index (κ3) is 2.21. The first-order valence-electron chi connectivity index (χ1n) is 6.53. The third-order valence-electron chi connectivity index (χ3n) is 3.51. The maximum atomic E-state index is 12.8. The van der Waals surface area contributed by atoms with Crippen molar-refractivity contribution in [3.63, 3.8) is 0 Å². The van der Waals surface area contributed by atoms with Gasteiger partial charge in [-0.3, -0.25) is 9.36 Å². The van der Waals surface area contributed by atoms with E-state index in [1.54, 1.807) is 21.5 Å². The predicted molar refractivity (Wildman–Crippen MR) is 80.4 cm³/mol. The molecule has 6 nitrogen and oxygen atoms in total. The Morgan fingerprint density at radius 2 is 2.10 bits per heavy atom. The van der Waals surface area contributed by atoms with Crippen molar-refractivity contribution in [1.29, 1.82) is 0 Å².